The number of nitrogens with zero attached hydrogens (tertiary/aromatic N) is 1. The third-order valence-corrected chi connectivity index (χ3v) is 2.47. The summed E-state index contributed by atoms with van der Waals surface area (Å²) in [5.41, 5.74) is 1.91. The summed E-state index contributed by atoms with van der Waals surface area (Å²) in [7, 11) is 1.65. The summed E-state index contributed by atoms with van der Waals surface area (Å²) in [5.74, 6) is 1.62. The monoisotopic (exact) mass is 232 g/mol. The number of ether oxygens (including phenoxy) is 1. The van der Waals surface area contributed by atoms with Crippen molar-refractivity contribution < 1.29 is 4.74 Å². The minimum absolute atomic E-state index is 0.581. The summed E-state index contributed by atoms with van der Waals surface area (Å²) >= 11 is 5.09. The number of benzene rings is 1. The number of aromatic nitrogens is 2. The molecule has 1 heterocycles. The minimum atomic E-state index is 0.581. The zero-order chi connectivity index (χ0) is 11.5. The van der Waals surface area contributed by atoms with Crippen molar-refractivity contribution in [1.29, 1.82) is 0 Å². The first-order valence-corrected chi connectivity index (χ1v) is 5.33. The fourth-order valence-corrected chi connectivity index (χ4v) is 1.85. The van der Waals surface area contributed by atoms with E-state index in [1.807, 2.05) is 37.3 Å². The van der Waals surface area contributed by atoms with E-state index in [1.165, 1.54) is 0 Å². The summed E-state index contributed by atoms with van der Waals surface area (Å²) in [6.07, 6.45) is 0. The van der Waals surface area contributed by atoms with Gasteiger partial charge in [0.05, 0.1) is 12.8 Å². The van der Waals surface area contributed by atoms with E-state index < -0.39 is 0 Å². The first-order valence-electron chi connectivity index (χ1n) is 4.92. The summed E-state index contributed by atoms with van der Waals surface area (Å²) in [6, 6.07) is 9.64. The highest BCUT2D eigenvalue weighted by Crippen LogP contribution is 2.27. The molecule has 4 heteroatoms. The molecule has 0 saturated heterocycles. The Hall–Kier alpha value is -1.68. The summed E-state index contributed by atoms with van der Waals surface area (Å²) in [6.45, 7) is 1.88. The maximum atomic E-state index is 5.31. The molecule has 0 radical (unpaired) electrons. The molecule has 16 heavy (non-hydrogen) atoms. The highest BCUT2D eigenvalue weighted by atomic mass is 32.1. The second-order valence-corrected chi connectivity index (χ2v) is 3.84. The predicted molar refractivity (Wildman–Crippen MR) is 66.1 cm³/mol. The van der Waals surface area contributed by atoms with E-state index in [2.05, 4.69) is 9.97 Å². The van der Waals surface area contributed by atoms with Crippen LogP contribution in [0.15, 0.2) is 30.3 Å². The number of para-hydroxylation sites is 1. The molecule has 0 amide bonds. The molecule has 0 saturated carbocycles. The molecule has 0 aliphatic rings. The molecule has 2 rings (SSSR count). The van der Waals surface area contributed by atoms with Crippen molar-refractivity contribution >= 4 is 12.2 Å². The van der Waals surface area contributed by atoms with E-state index in [4.69, 9.17) is 17.0 Å². The first-order chi connectivity index (χ1) is 7.70. The van der Waals surface area contributed by atoms with Crippen molar-refractivity contribution in [2.24, 2.45) is 0 Å². The molecular weight excluding hydrogens is 220 g/mol. The maximum absolute atomic E-state index is 5.31. The Kier molecular flexibility index (Phi) is 3.01. The van der Waals surface area contributed by atoms with Gasteiger partial charge in [-0.15, -0.1) is 0 Å². The number of rotatable bonds is 2. The maximum Gasteiger partial charge on any atom is 0.130 e. The number of hydrogen-bond acceptors (Lipinski definition) is 3. The average Bonchev–Trinajstić information content (AvgIpc) is 2.27. The van der Waals surface area contributed by atoms with Crippen LogP contribution < -0.4 is 4.74 Å². The summed E-state index contributed by atoms with van der Waals surface area (Å²) in [4.78, 5) is 7.32. The van der Waals surface area contributed by atoms with Crippen LogP contribution in [0.5, 0.6) is 5.75 Å². The van der Waals surface area contributed by atoms with Gasteiger partial charge in [0.2, 0.25) is 0 Å². The molecule has 82 valence electrons. The van der Waals surface area contributed by atoms with Crippen molar-refractivity contribution in [3.63, 3.8) is 0 Å². The first kappa shape index (κ1) is 10.8. The lowest BCUT2D eigenvalue weighted by Gasteiger charge is -2.08. The van der Waals surface area contributed by atoms with E-state index in [0.29, 0.717) is 4.64 Å². The SMILES string of the molecule is COc1ccccc1-c1cc(=S)nc(C)[nH]1. The molecule has 0 spiro atoms. The molecule has 1 aromatic heterocycles. The number of methoxy groups -OCH3 is 1. The second kappa shape index (κ2) is 4.45. The van der Waals surface area contributed by atoms with Crippen LogP contribution in [0, 0.1) is 11.6 Å². The zero-order valence-corrected chi connectivity index (χ0v) is 9.97. The lowest BCUT2D eigenvalue weighted by Crippen LogP contribution is -1.93. The van der Waals surface area contributed by atoms with Crippen LogP contribution in [0.2, 0.25) is 0 Å². The fourth-order valence-electron chi connectivity index (χ4n) is 1.59. The van der Waals surface area contributed by atoms with Gasteiger partial charge in [-0.3, -0.25) is 0 Å². The molecule has 1 aromatic carbocycles. The molecule has 0 aliphatic heterocycles. The number of hydrogen-bond donors (Lipinski definition) is 1. The van der Waals surface area contributed by atoms with Gasteiger partial charge < -0.3 is 9.72 Å². The third-order valence-electron chi connectivity index (χ3n) is 2.26. The molecule has 0 fully saturated rings. The third kappa shape index (κ3) is 2.12. The molecule has 0 bridgehead atoms. The van der Waals surface area contributed by atoms with Crippen LogP contribution in [-0.4, -0.2) is 17.1 Å². The van der Waals surface area contributed by atoms with Crippen molar-refractivity contribution in [3.8, 4) is 17.0 Å². The highest BCUT2D eigenvalue weighted by molar-refractivity contribution is 7.71. The molecular formula is C12H12N2OS. The van der Waals surface area contributed by atoms with Gasteiger partial charge in [0.25, 0.3) is 0 Å². The fraction of sp³-hybridized carbons (Fsp3) is 0.167. The number of aryl methyl sites for hydroxylation is 1. The van der Waals surface area contributed by atoms with E-state index in [0.717, 1.165) is 22.8 Å². The van der Waals surface area contributed by atoms with Crippen LogP contribution in [0.1, 0.15) is 5.82 Å². The standard InChI is InChI=1S/C12H12N2OS/c1-8-13-10(7-12(16)14-8)9-5-3-4-6-11(9)15-2/h3-7H,1-2H3,(H,13,14,16). The molecule has 3 nitrogen and oxygen atoms in total. The van der Waals surface area contributed by atoms with Gasteiger partial charge in [-0.2, -0.15) is 0 Å². The highest BCUT2D eigenvalue weighted by Gasteiger charge is 2.05. The van der Waals surface area contributed by atoms with E-state index in [1.54, 1.807) is 7.11 Å². The van der Waals surface area contributed by atoms with E-state index >= 15 is 0 Å². The quantitative estimate of drug-likeness (QED) is 0.808. The van der Waals surface area contributed by atoms with E-state index in [-0.39, 0.29) is 0 Å². The Morgan fingerprint density at radius 2 is 2.06 bits per heavy atom. The Labute approximate surface area is 99.1 Å². The largest absolute Gasteiger partial charge is 0.496 e. The molecule has 0 unspecified atom stereocenters. The van der Waals surface area contributed by atoms with Crippen LogP contribution in [-0.2, 0) is 0 Å². The number of nitrogens with one attached hydrogen (secondary N) is 1. The Balaban J connectivity index is 2.62. The Morgan fingerprint density at radius 1 is 1.31 bits per heavy atom. The smallest absolute Gasteiger partial charge is 0.130 e. The van der Waals surface area contributed by atoms with Gasteiger partial charge in [0.1, 0.15) is 16.2 Å². The molecule has 2 aromatic rings. The average molecular weight is 232 g/mol. The minimum Gasteiger partial charge on any atom is -0.496 e. The van der Waals surface area contributed by atoms with Crippen molar-refractivity contribution in [2.45, 2.75) is 6.92 Å². The lowest BCUT2D eigenvalue weighted by atomic mass is 10.1. The molecule has 0 aliphatic carbocycles. The Bertz CT molecular complexity index is 563. The predicted octanol–water partition coefficient (Wildman–Crippen LogP) is 3.12. The van der Waals surface area contributed by atoms with Gasteiger partial charge in [0.15, 0.2) is 0 Å². The van der Waals surface area contributed by atoms with Crippen LogP contribution >= 0.6 is 12.2 Å². The topological polar surface area (TPSA) is 37.9 Å². The summed E-state index contributed by atoms with van der Waals surface area (Å²) in [5, 5.41) is 0. The van der Waals surface area contributed by atoms with Crippen LogP contribution in [0.25, 0.3) is 11.3 Å². The van der Waals surface area contributed by atoms with Crippen LogP contribution in [0.4, 0.5) is 0 Å². The number of aromatic amines is 1. The van der Waals surface area contributed by atoms with Gasteiger partial charge in [-0.1, -0.05) is 24.4 Å². The molecule has 1 N–H and O–H groups in total. The van der Waals surface area contributed by atoms with Crippen LogP contribution in [0.3, 0.4) is 0 Å². The lowest BCUT2D eigenvalue weighted by molar-refractivity contribution is 0.416. The zero-order valence-electron chi connectivity index (χ0n) is 9.15. The van der Waals surface area contributed by atoms with Gasteiger partial charge in [-0.05, 0) is 25.1 Å². The molecule has 0 atom stereocenters. The van der Waals surface area contributed by atoms with Crippen molar-refractivity contribution in [3.05, 3.63) is 40.8 Å². The second-order valence-electron chi connectivity index (χ2n) is 3.42. The van der Waals surface area contributed by atoms with Gasteiger partial charge >= 0.3 is 0 Å². The van der Waals surface area contributed by atoms with Crippen molar-refractivity contribution in [2.75, 3.05) is 7.11 Å². The van der Waals surface area contributed by atoms with Gasteiger partial charge in [0, 0.05) is 5.56 Å². The van der Waals surface area contributed by atoms with Gasteiger partial charge in [-0.25, -0.2) is 4.98 Å². The van der Waals surface area contributed by atoms with Crippen molar-refractivity contribution in [1.82, 2.24) is 9.97 Å². The summed E-state index contributed by atoms with van der Waals surface area (Å²) < 4.78 is 5.89. The Morgan fingerprint density at radius 3 is 2.75 bits per heavy atom. The van der Waals surface area contributed by atoms with E-state index in [9.17, 15) is 0 Å². The normalized spacial score (nSPS) is 10.1. The number of H-pyrrole nitrogens is 1.